The lowest BCUT2D eigenvalue weighted by molar-refractivity contribution is -0.146. The number of nitrogens with two attached hydrogens (primary N) is 1. The number of hydrogen-bond donors (Lipinski definition) is 2. The summed E-state index contributed by atoms with van der Waals surface area (Å²) in [6.45, 7) is -0.430. The Bertz CT molecular complexity index is 476. The summed E-state index contributed by atoms with van der Waals surface area (Å²) in [5.74, 6) is 0.235. The number of oxime groups is 1. The van der Waals surface area contributed by atoms with Crippen LogP contribution < -0.4 is 10.5 Å². The van der Waals surface area contributed by atoms with Crippen LogP contribution in [0.1, 0.15) is 17.5 Å². The van der Waals surface area contributed by atoms with Crippen LogP contribution in [-0.4, -0.2) is 30.9 Å². The molecule has 0 atom stereocenters. The van der Waals surface area contributed by atoms with Crippen molar-refractivity contribution in [1.29, 1.82) is 0 Å². The summed E-state index contributed by atoms with van der Waals surface area (Å²) < 4.78 is 45.8. The zero-order valence-corrected chi connectivity index (χ0v) is 10.8. The van der Waals surface area contributed by atoms with E-state index >= 15 is 0 Å². The van der Waals surface area contributed by atoms with Crippen molar-refractivity contribution >= 4 is 5.84 Å². The van der Waals surface area contributed by atoms with Gasteiger partial charge in [0, 0.05) is 0 Å². The summed E-state index contributed by atoms with van der Waals surface area (Å²) in [7, 11) is 1.42. The zero-order chi connectivity index (χ0) is 15.2. The van der Waals surface area contributed by atoms with Gasteiger partial charge < -0.3 is 20.4 Å². The molecular weight excluding hydrogens is 277 g/mol. The van der Waals surface area contributed by atoms with Crippen molar-refractivity contribution in [3.63, 3.8) is 0 Å². The lowest BCUT2D eigenvalue weighted by Crippen LogP contribution is -2.15. The van der Waals surface area contributed by atoms with Crippen LogP contribution in [0.15, 0.2) is 23.4 Å². The monoisotopic (exact) mass is 292 g/mol. The molecule has 0 aromatic heterocycles. The van der Waals surface area contributed by atoms with Crippen LogP contribution in [0.25, 0.3) is 0 Å². The van der Waals surface area contributed by atoms with Crippen molar-refractivity contribution in [2.75, 3.05) is 13.7 Å². The number of ether oxygens (including phenoxy) is 2. The minimum absolute atomic E-state index is 0.00815. The maximum absolute atomic E-state index is 11.9. The van der Waals surface area contributed by atoms with Crippen LogP contribution in [-0.2, 0) is 11.3 Å². The zero-order valence-electron chi connectivity index (χ0n) is 10.8. The number of benzene rings is 1. The molecule has 8 heteroatoms. The van der Waals surface area contributed by atoms with Gasteiger partial charge in [-0.3, -0.25) is 0 Å². The number of halogens is 3. The van der Waals surface area contributed by atoms with Gasteiger partial charge in [-0.1, -0.05) is 11.2 Å². The summed E-state index contributed by atoms with van der Waals surface area (Å²) in [6.07, 6.45) is -5.24. The van der Waals surface area contributed by atoms with Gasteiger partial charge in [-0.2, -0.15) is 13.2 Å². The molecule has 0 amide bonds. The third kappa shape index (κ3) is 4.96. The molecule has 0 unspecified atom stereocenters. The van der Waals surface area contributed by atoms with Gasteiger partial charge in [0.05, 0.1) is 32.3 Å². The second-order valence-corrected chi connectivity index (χ2v) is 3.94. The summed E-state index contributed by atoms with van der Waals surface area (Å²) in [5.41, 5.74) is 6.41. The molecule has 0 bridgehead atoms. The molecule has 112 valence electrons. The second-order valence-electron chi connectivity index (χ2n) is 3.94. The van der Waals surface area contributed by atoms with Gasteiger partial charge in [0.2, 0.25) is 0 Å². The fourth-order valence-corrected chi connectivity index (χ4v) is 1.48. The Hall–Kier alpha value is -1.96. The molecular formula is C12H15F3N2O3. The minimum Gasteiger partial charge on any atom is -0.496 e. The average Bonchev–Trinajstić information content (AvgIpc) is 2.41. The molecule has 0 heterocycles. The molecule has 0 spiro atoms. The number of amidine groups is 1. The van der Waals surface area contributed by atoms with Crippen molar-refractivity contribution in [1.82, 2.24) is 0 Å². The molecule has 0 saturated carbocycles. The molecule has 0 saturated heterocycles. The first-order valence-electron chi connectivity index (χ1n) is 5.66. The fraction of sp³-hybridized carbons (Fsp3) is 0.417. The van der Waals surface area contributed by atoms with Gasteiger partial charge >= 0.3 is 6.18 Å². The van der Waals surface area contributed by atoms with E-state index in [-0.39, 0.29) is 12.4 Å². The highest BCUT2D eigenvalue weighted by atomic mass is 19.4. The van der Waals surface area contributed by atoms with E-state index in [2.05, 4.69) is 5.16 Å². The Morgan fingerprint density at radius 2 is 2.10 bits per heavy atom. The van der Waals surface area contributed by atoms with E-state index in [4.69, 9.17) is 20.4 Å². The Morgan fingerprint density at radius 1 is 1.40 bits per heavy atom. The smallest absolute Gasteiger partial charge is 0.391 e. The third-order valence-corrected chi connectivity index (χ3v) is 2.45. The molecule has 0 aliphatic heterocycles. The van der Waals surface area contributed by atoms with Crippen LogP contribution in [0.5, 0.6) is 5.75 Å². The van der Waals surface area contributed by atoms with Crippen LogP contribution >= 0.6 is 0 Å². The topological polar surface area (TPSA) is 77.1 Å². The lowest BCUT2D eigenvalue weighted by Gasteiger charge is -2.11. The maximum Gasteiger partial charge on any atom is 0.391 e. The van der Waals surface area contributed by atoms with Gasteiger partial charge in [-0.05, 0) is 17.7 Å². The van der Waals surface area contributed by atoms with E-state index in [1.807, 2.05) is 0 Å². The molecule has 0 fully saturated rings. The molecule has 20 heavy (non-hydrogen) atoms. The number of methoxy groups -OCH3 is 1. The van der Waals surface area contributed by atoms with Crippen molar-refractivity contribution in [3.05, 3.63) is 29.3 Å². The summed E-state index contributed by atoms with van der Waals surface area (Å²) in [5, 5.41) is 11.5. The molecule has 1 rings (SSSR count). The highest BCUT2D eigenvalue weighted by Gasteiger charge is 2.26. The largest absolute Gasteiger partial charge is 0.496 e. The number of rotatable bonds is 6. The van der Waals surface area contributed by atoms with E-state index in [0.29, 0.717) is 16.9 Å². The molecule has 0 aliphatic rings. The molecule has 1 aromatic rings. The van der Waals surface area contributed by atoms with Crippen LogP contribution in [0, 0.1) is 0 Å². The fourth-order valence-electron chi connectivity index (χ4n) is 1.48. The first-order valence-corrected chi connectivity index (χ1v) is 5.66. The van der Waals surface area contributed by atoms with E-state index < -0.39 is 19.2 Å². The number of nitrogens with zero attached hydrogens (tertiary/aromatic N) is 1. The minimum atomic E-state index is -4.24. The first kappa shape index (κ1) is 16.1. The molecule has 5 nitrogen and oxygen atoms in total. The van der Waals surface area contributed by atoms with Gasteiger partial charge in [0.1, 0.15) is 5.75 Å². The van der Waals surface area contributed by atoms with Crippen LogP contribution in [0.2, 0.25) is 0 Å². The van der Waals surface area contributed by atoms with Crippen molar-refractivity contribution in [2.45, 2.75) is 19.2 Å². The Labute approximate surface area is 113 Å². The van der Waals surface area contributed by atoms with Gasteiger partial charge in [0.15, 0.2) is 5.84 Å². The van der Waals surface area contributed by atoms with Crippen molar-refractivity contribution in [2.24, 2.45) is 10.9 Å². The van der Waals surface area contributed by atoms with Crippen molar-refractivity contribution in [3.8, 4) is 5.75 Å². The predicted molar refractivity (Wildman–Crippen MR) is 65.8 cm³/mol. The third-order valence-electron chi connectivity index (χ3n) is 2.45. The van der Waals surface area contributed by atoms with Gasteiger partial charge in [0.25, 0.3) is 0 Å². The SMILES string of the molecule is COc1ccc(COCCC(F)(F)F)cc1/C(N)=N/O. The second kappa shape index (κ2) is 6.99. The number of hydrogen-bond acceptors (Lipinski definition) is 4. The van der Waals surface area contributed by atoms with Gasteiger partial charge in [-0.15, -0.1) is 0 Å². The van der Waals surface area contributed by atoms with E-state index in [9.17, 15) is 13.2 Å². The summed E-state index contributed by atoms with van der Waals surface area (Å²) >= 11 is 0. The Kier molecular flexibility index (Phi) is 5.63. The summed E-state index contributed by atoms with van der Waals surface area (Å²) in [4.78, 5) is 0. The highest BCUT2D eigenvalue weighted by molar-refractivity contribution is 5.99. The predicted octanol–water partition coefficient (Wildman–Crippen LogP) is 2.26. The van der Waals surface area contributed by atoms with Crippen molar-refractivity contribution < 1.29 is 27.9 Å². The van der Waals surface area contributed by atoms with Gasteiger partial charge in [-0.25, -0.2) is 0 Å². The average molecular weight is 292 g/mol. The normalized spacial score (nSPS) is 12.5. The van der Waals surface area contributed by atoms with E-state index in [1.54, 1.807) is 12.1 Å². The number of alkyl halides is 3. The molecule has 1 aromatic carbocycles. The standard InChI is InChI=1S/C12H15F3N2O3/c1-19-10-3-2-8(6-9(10)11(16)17-18)7-20-5-4-12(13,14)15/h2-3,6,18H,4-5,7H2,1H3,(H2,16,17). The Balaban J connectivity index is 2.68. The highest BCUT2D eigenvalue weighted by Crippen LogP contribution is 2.21. The molecule has 3 N–H and O–H groups in total. The first-order chi connectivity index (χ1) is 9.37. The van der Waals surface area contributed by atoms with Crippen LogP contribution in [0.4, 0.5) is 13.2 Å². The Morgan fingerprint density at radius 3 is 2.65 bits per heavy atom. The van der Waals surface area contributed by atoms with Crippen LogP contribution in [0.3, 0.4) is 0 Å². The lowest BCUT2D eigenvalue weighted by atomic mass is 10.1. The quantitative estimate of drug-likeness (QED) is 0.277. The van der Waals surface area contributed by atoms with E-state index in [1.165, 1.54) is 13.2 Å². The molecule has 0 aliphatic carbocycles. The van der Waals surface area contributed by atoms with E-state index in [0.717, 1.165) is 0 Å². The summed E-state index contributed by atoms with van der Waals surface area (Å²) in [6, 6.07) is 4.72. The maximum atomic E-state index is 11.9. The molecule has 0 radical (unpaired) electrons.